The van der Waals surface area contributed by atoms with Crippen LogP contribution >= 0.6 is 0 Å². The molecule has 0 radical (unpaired) electrons. The van der Waals surface area contributed by atoms with E-state index in [0.29, 0.717) is 17.2 Å². The minimum Gasteiger partial charge on any atom is -0.438 e. The minimum atomic E-state index is -0.351. The van der Waals surface area contributed by atoms with Gasteiger partial charge >= 0.3 is 0 Å². The third kappa shape index (κ3) is 3.22. The molecule has 0 saturated heterocycles. The van der Waals surface area contributed by atoms with Crippen LogP contribution in [-0.4, -0.2) is 5.91 Å². The predicted molar refractivity (Wildman–Crippen MR) is 108 cm³/mol. The number of hydrogen-bond donors (Lipinski definition) is 2. The van der Waals surface area contributed by atoms with Gasteiger partial charge < -0.3 is 9.73 Å². The number of nitrogens with one attached hydrogen (secondary N) is 2. The summed E-state index contributed by atoms with van der Waals surface area (Å²) in [5.41, 5.74) is 2.57. The Balaban J connectivity index is 1.73. The first-order chi connectivity index (χ1) is 13.0. The number of rotatable bonds is 3. The molecule has 134 valence electrons. The second kappa shape index (κ2) is 6.72. The fraction of sp³-hybridized carbons (Fsp3) is 0.130. The van der Waals surface area contributed by atoms with Gasteiger partial charge in [0.05, 0.1) is 0 Å². The van der Waals surface area contributed by atoms with Crippen molar-refractivity contribution < 1.29 is 9.21 Å². The van der Waals surface area contributed by atoms with Gasteiger partial charge in [0.25, 0.3) is 5.91 Å². The van der Waals surface area contributed by atoms with Crippen molar-refractivity contribution in [1.29, 1.82) is 5.41 Å². The largest absolute Gasteiger partial charge is 0.438 e. The fourth-order valence-corrected chi connectivity index (χ4v) is 3.21. The molecule has 4 heteroatoms. The van der Waals surface area contributed by atoms with Crippen molar-refractivity contribution in [2.24, 2.45) is 0 Å². The highest BCUT2D eigenvalue weighted by Crippen LogP contribution is 2.25. The summed E-state index contributed by atoms with van der Waals surface area (Å²) in [6.07, 6.45) is 0. The summed E-state index contributed by atoms with van der Waals surface area (Å²) in [4.78, 5) is 12.7. The summed E-state index contributed by atoms with van der Waals surface area (Å²) in [6.45, 7) is 4.25. The molecule has 4 rings (SSSR count). The van der Waals surface area contributed by atoms with E-state index in [2.05, 4.69) is 19.2 Å². The molecule has 0 bridgehead atoms. The Labute approximate surface area is 157 Å². The minimum absolute atomic E-state index is 0.144. The summed E-state index contributed by atoms with van der Waals surface area (Å²) < 4.78 is 5.62. The van der Waals surface area contributed by atoms with Gasteiger partial charge in [0.2, 0.25) is 5.55 Å². The van der Waals surface area contributed by atoms with Crippen molar-refractivity contribution >= 4 is 33.3 Å². The zero-order valence-corrected chi connectivity index (χ0v) is 15.2. The van der Waals surface area contributed by atoms with E-state index in [4.69, 9.17) is 9.83 Å². The topological polar surface area (TPSA) is 66.1 Å². The highest BCUT2D eigenvalue weighted by Gasteiger charge is 2.13. The monoisotopic (exact) mass is 356 g/mol. The predicted octanol–water partition coefficient (Wildman–Crippen LogP) is 5.44. The lowest BCUT2D eigenvalue weighted by molar-refractivity contribution is 0.102. The quantitative estimate of drug-likeness (QED) is 0.480. The number of amides is 1. The molecule has 0 spiro atoms. The maximum atomic E-state index is 12.7. The van der Waals surface area contributed by atoms with Crippen LogP contribution in [0, 0.1) is 5.41 Å². The highest BCUT2D eigenvalue weighted by atomic mass is 16.3. The zero-order chi connectivity index (χ0) is 19.0. The van der Waals surface area contributed by atoms with Crippen LogP contribution < -0.4 is 10.9 Å². The Morgan fingerprint density at radius 1 is 0.963 bits per heavy atom. The molecule has 2 N–H and O–H groups in total. The van der Waals surface area contributed by atoms with E-state index in [1.807, 2.05) is 60.7 Å². The molecule has 0 unspecified atom stereocenters. The van der Waals surface area contributed by atoms with Crippen molar-refractivity contribution in [2.45, 2.75) is 19.8 Å². The summed E-state index contributed by atoms with van der Waals surface area (Å²) in [5, 5.41) is 13.9. The van der Waals surface area contributed by atoms with Gasteiger partial charge in [-0.05, 0) is 46.5 Å². The van der Waals surface area contributed by atoms with Crippen molar-refractivity contribution in [1.82, 2.24) is 0 Å². The third-order valence-electron chi connectivity index (χ3n) is 4.76. The lowest BCUT2D eigenvalue weighted by Crippen LogP contribution is -2.20. The van der Waals surface area contributed by atoms with Crippen LogP contribution in [-0.2, 0) is 0 Å². The van der Waals surface area contributed by atoms with Gasteiger partial charge in [-0.25, -0.2) is 0 Å². The van der Waals surface area contributed by atoms with E-state index >= 15 is 0 Å². The normalized spacial score (nSPS) is 11.2. The molecule has 0 atom stereocenters. The Kier molecular flexibility index (Phi) is 4.24. The molecule has 0 aliphatic heterocycles. The highest BCUT2D eigenvalue weighted by molar-refractivity contribution is 6.10. The van der Waals surface area contributed by atoms with Crippen molar-refractivity contribution in [3.8, 4) is 0 Å². The van der Waals surface area contributed by atoms with Crippen molar-refractivity contribution in [3.63, 3.8) is 0 Å². The molecule has 1 heterocycles. The van der Waals surface area contributed by atoms with E-state index in [0.717, 1.165) is 16.2 Å². The van der Waals surface area contributed by atoms with Gasteiger partial charge in [-0.15, -0.1) is 0 Å². The second-order valence-corrected chi connectivity index (χ2v) is 6.92. The van der Waals surface area contributed by atoms with Crippen LogP contribution in [0.3, 0.4) is 0 Å². The number of carbonyl (C=O) groups excluding carboxylic acids is 1. The van der Waals surface area contributed by atoms with Crippen LogP contribution in [0.25, 0.3) is 21.7 Å². The average molecular weight is 356 g/mol. The first kappa shape index (κ1) is 17.0. The second-order valence-electron chi connectivity index (χ2n) is 6.92. The van der Waals surface area contributed by atoms with Crippen molar-refractivity contribution in [2.75, 3.05) is 5.32 Å². The van der Waals surface area contributed by atoms with Crippen LogP contribution in [0.5, 0.6) is 0 Å². The lowest BCUT2D eigenvalue weighted by Gasteiger charge is -2.09. The molecule has 0 fully saturated rings. The first-order valence-corrected chi connectivity index (χ1v) is 8.94. The van der Waals surface area contributed by atoms with Crippen LogP contribution in [0.15, 0.2) is 71.1 Å². The summed E-state index contributed by atoms with van der Waals surface area (Å²) in [6, 6.07) is 21.2. The average Bonchev–Trinajstić information content (AvgIpc) is 2.67. The number of fused-ring (bicyclic) bond motifs is 3. The standard InChI is InChI=1S/C23H20N2O2/c1-14(2)15-7-10-17(11-8-15)25-23(26)20-13-19-18-6-4-3-5-16(18)9-12-21(19)27-22(20)24/h3-14,24H,1-2H3,(H,25,26). The molecular formula is C23H20N2O2. The van der Waals surface area contributed by atoms with Gasteiger partial charge in [0, 0.05) is 11.1 Å². The Bertz CT molecular complexity index is 1200. The smallest absolute Gasteiger partial charge is 0.261 e. The molecular weight excluding hydrogens is 336 g/mol. The summed E-state index contributed by atoms with van der Waals surface area (Å²) in [7, 11) is 0. The third-order valence-corrected chi connectivity index (χ3v) is 4.76. The molecule has 3 aromatic carbocycles. The molecule has 4 aromatic rings. The van der Waals surface area contributed by atoms with E-state index in [1.165, 1.54) is 5.56 Å². The Morgan fingerprint density at radius 3 is 2.44 bits per heavy atom. The van der Waals surface area contributed by atoms with E-state index in [9.17, 15) is 4.79 Å². The van der Waals surface area contributed by atoms with E-state index < -0.39 is 0 Å². The SMILES string of the molecule is CC(C)c1ccc(NC(=O)c2cc3c(ccc4ccccc43)oc2=N)cc1. The fourth-order valence-electron chi connectivity index (χ4n) is 3.21. The molecule has 0 aliphatic rings. The number of anilines is 1. The van der Waals surface area contributed by atoms with Gasteiger partial charge in [-0.1, -0.05) is 56.3 Å². The number of carbonyl (C=O) groups is 1. The maximum absolute atomic E-state index is 12.7. The van der Waals surface area contributed by atoms with Crippen LogP contribution in [0.2, 0.25) is 0 Å². The number of hydrogen-bond acceptors (Lipinski definition) is 3. The van der Waals surface area contributed by atoms with Crippen LogP contribution in [0.4, 0.5) is 5.69 Å². The Hall–Kier alpha value is -3.40. The Morgan fingerprint density at radius 2 is 1.70 bits per heavy atom. The molecule has 27 heavy (non-hydrogen) atoms. The summed E-state index contributed by atoms with van der Waals surface area (Å²) in [5.74, 6) is 0.0815. The van der Waals surface area contributed by atoms with Gasteiger partial charge in [0.1, 0.15) is 11.1 Å². The van der Waals surface area contributed by atoms with Gasteiger partial charge in [0.15, 0.2) is 0 Å². The number of benzene rings is 3. The van der Waals surface area contributed by atoms with Crippen LogP contribution in [0.1, 0.15) is 35.7 Å². The van der Waals surface area contributed by atoms with Gasteiger partial charge in [-0.2, -0.15) is 0 Å². The molecule has 4 nitrogen and oxygen atoms in total. The first-order valence-electron chi connectivity index (χ1n) is 8.94. The van der Waals surface area contributed by atoms with Crippen molar-refractivity contribution in [3.05, 3.63) is 83.4 Å². The lowest BCUT2D eigenvalue weighted by atomic mass is 10.0. The molecule has 1 amide bonds. The van der Waals surface area contributed by atoms with E-state index in [-0.39, 0.29) is 17.0 Å². The maximum Gasteiger partial charge on any atom is 0.261 e. The van der Waals surface area contributed by atoms with Gasteiger partial charge in [-0.3, -0.25) is 10.2 Å². The zero-order valence-electron chi connectivity index (χ0n) is 15.2. The molecule has 0 saturated carbocycles. The molecule has 1 aromatic heterocycles. The molecule has 0 aliphatic carbocycles. The summed E-state index contributed by atoms with van der Waals surface area (Å²) >= 11 is 0. The van der Waals surface area contributed by atoms with E-state index in [1.54, 1.807) is 6.07 Å².